The van der Waals surface area contributed by atoms with Crippen molar-refractivity contribution in [2.75, 3.05) is 13.1 Å². The van der Waals surface area contributed by atoms with Crippen LogP contribution in [0.1, 0.15) is 23.6 Å². The van der Waals surface area contributed by atoms with Crippen LogP contribution in [0.15, 0.2) is 46.1 Å². The highest BCUT2D eigenvalue weighted by Gasteiger charge is 2.35. The number of piperidine rings is 1. The van der Waals surface area contributed by atoms with Crippen molar-refractivity contribution in [2.24, 2.45) is 13.0 Å². The average Bonchev–Trinajstić information content (AvgIpc) is 3.28. The van der Waals surface area contributed by atoms with E-state index in [0.717, 1.165) is 32.0 Å². The minimum Gasteiger partial charge on any atom is -0.334 e. The van der Waals surface area contributed by atoms with Gasteiger partial charge in [-0.1, -0.05) is 0 Å². The molecule has 3 aromatic heterocycles. The van der Waals surface area contributed by atoms with Crippen LogP contribution < -0.4 is 5.56 Å². The summed E-state index contributed by atoms with van der Waals surface area (Å²) < 4.78 is 3.93. The molecular formula is C20H22N4OS. The van der Waals surface area contributed by atoms with E-state index in [2.05, 4.69) is 32.8 Å². The van der Waals surface area contributed by atoms with Gasteiger partial charge in [-0.3, -0.25) is 9.69 Å². The molecule has 1 fully saturated rings. The summed E-state index contributed by atoms with van der Waals surface area (Å²) in [6.45, 7) is 3.95. The molecule has 0 saturated carbocycles. The first-order valence-corrected chi connectivity index (χ1v) is 10.1. The molecule has 1 saturated heterocycles. The standard InChI is InChI=1S/C20H22N4OS/c1-22-6-5-21-19(22)17-2-3-18-16-8-15(11-24(18)20(17)25)10-23(12-16)9-14-4-7-26-13-14/h2-7,13,15-16H,8-12H2,1H3/t15-,16+/m0/s1. The molecule has 134 valence electrons. The van der Waals surface area contributed by atoms with E-state index in [1.54, 1.807) is 17.5 Å². The van der Waals surface area contributed by atoms with Gasteiger partial charge in [0.2, 0.25) is 0 Å². The predicted molar refractivity (Wildman–Crippen MR) is 103 cm³/mol. The topological polar surface area (TPSA) is 43.1 Å². The van der Waals surface area contributed by atoms with Crippen molar-refractivity contribution in [1.29, 1.82) is 0 Å². The van der Waals surface area contributed by atoms with Gasteiger partial charge in [0, 0.05) is 57.2 Å². The molecule has 0 unspecified atom stereocenters. The molecule has 2 bridgehead atoms. The number of rotatable bonds is 3. The fourth-order valence-electron chi connectivity index (χ4n) is 4.61. The number of aryl methyl sites for hydroxylation is 1. The van der Waals surface area contributed by atoms with Crippen LogP contribution in [0.5, 0.6) is 0 Å². The van der Waals surface area contributed by atoms with Crippen molar-refractivity contribution < 1.29 is 0 Å². The average molecular weight is 366 g/mol. The SMILES string of the molecule is Cn1ccnc1-c1ccc2n(c1=O)C[C@H]1C[C@@H]2CN(Cc2ccsc2)C1. The van der Waals surface area contributed by atoms with E-state index in [1.807, 2.05) is 28.4 Å². The number of aromatic nitrogens is 3. The maximum absolute atomic E-state index is 13.1. The van der Waals surface area contributed by atoms with Crippen LogP contribution in [0.3, 0.4) is 0 Å². The zero-order valence-corrected chi connectivity index (χ0v) is 15.7. The first-order valence-electron chi connectivity index (χ1n) is 9.14. The number of imidazole rings is 1. The second-order valence-electron chi connectivity index (χ2n) is 7.57. The Labute approximate surface area is 156 Å². The zero-order chi connectivity index (χ0) is 17.7. The molecule has 6 heteroatoms. The van der Waals surface area contributed by atoms with E-state index in [0.29, 0.717) is 17.4 Å². The molecule has 5 heterocycles. The van der Waals surface area contributed by atoms with Gasteiger partial charge < -0.3 is 9.13 Å². The van der Waals surface area contributed by atoms with Crippen molar-refractivity contribution in [3.8, 4) is 11.4 Å². The van der Waals surface area contributed by atoms with E-state index in [4.69, 9.17) is 0 Å². The maximum Gasteiger partial charge on any atom is 0.261 e. The number of hydrogen-bond acceptors (Lipinski definition) is 4. The predicted octanol–water partition coefficient (Wildman–Crippen LogP) is 2.93. The van der Waals surface area contributed by atoms with Crippen LogP contribution in [0.4, 0.5) is 0 Å². The summed E-state index contributed by atoms with van der Waals surface area (Å²) in [6, 6.07) is 6.33. The summed E-state index contributed by atoms with van der Waals surface area (Å²) in [5.74, 6) is 1.75. The number of likely N-dealkylation sites (tertiary alicyclic amines) is 1. The lowest BCUT2D eigenvalue weighted by Gasteiger charge is -2.42. The smallest absolute Gasteiger partial charge is 0.261 e. The molecule has 5 nitrogen and oxygen atoms in total. The molecule has 0 aromatic carbocycles. The van der Waals surface area contributed by atoms with Gasteiger partial charge in [-0.25, -0.2) is 4.98 Å². The van der Waals surface area contributed by atoms with Crippen LogP contribution >= 0.6 is 11.3 Å². The van der Waals surface area contributed by atoms with Gasteiger partial charge in [0.1, 0.15) is 5.82 Å². The highest BCUT2D eigenvalue weighted by atomic mass is 32.1. The number of thiophene rings is 1. The molecule has 0 radical (unpaired) electrons. The number of nitrogens with zero attached hydrogens (tertiary/aromatic N) is 4. The molecule has 3 aromatic rings. The van der Waals surface area contributed by atoms with E-state index in [9.17, 15) is 4.79 Å². The highest BCUT2D eigenvalue weighted by Crippen LogP contribution is 2.36. The normalized spacial score (nSPS) is 22.3. The Morgan fingerprint density at radius 2 is 2.15 bits per heavy atom. The largest absolute Gasteiger partial charge is 0.334 e. The van der Waals surface area contributed by atoms with Crippen LogP contribution in [-0.2, 0) is 20.1 Å². The number of fused-ring (bicyclic) bond motifs is 4. The van der Waals surface area contributed by atoms with Crippen molar-refractivity contribution in [2.45, 2.75) is 25.4 Å². The van der Waals surface area contributed by atoms with Gasteiger partial charge in [-0.15, -0.1) is 0 Å². The Balaban J connectivity index is 1.47. The summed E-state index contributed by atoms with van der Waals surface area (Å²) >= 11 is 1.76. The Bertz CT molecular complexity index is 988. The Morgan fingerprint density at radius 3 is 2.92 bits per heavy atom. The molecule has 0 amide bonds. The Hall–Kier alpha value is -2.18. The lowest BCUT2D eigenvalue weighted by Crippen LogP contribution is -2.46. The number of hydrogen-bond donors (Lipinski definition) is 0. The van der Waals surface area contributed by atoms with Gasteiger partial charge in [0.05, 0.1) is 5.56 Å². The van der Waals surface area contributed by atoms with Crippen molar-refractivity contribution in [3.63, 3.8) is 0 Å². The first-order chi connectivity index (χ1) is 12.7. The molecule has 2 aliphatic heterocycles. The fraction of sp³-hybridized carbons (Fsp3) is 0.400. The van der Waals surface area contributed by atoms with Crippen LogP contribution in [-0.4, -0.2) is 32.1 Å². The Kier molecular flexibility index (Phi) is 3.83. The molecular weight excluding hydrogens is 344 g/mol. The fourth-order valence-corrected chi connectivity index (χ4v) is 5.27. The lowest BCUT2D eigenvalue weighted by molar-refractivity contribution is 0.114. The summed E-state index contributed by atoms with van der Waals surface area (Å²) in [5.41, 5.74) is 3.41. The summed E-state index contributed by atoms with van der Waals surface area (Å²) in [4.78, 5) is 20.1. The Morgan fingerprint density at radius 1 is 1.23 bits per heavy atom. The van der Waals surface area contributed by atoms with E-state index >= 15 is 0 Å². The third-order valence-electron chi connectivity index (χ3n) is 5.73. The second kappa shape index (κ2) is 6.21. The van der Waals surface area contributed by atoms with Crippen LogP contribution in [0.2, 0.25) is 0 Å². The molecule has 2 aliphatic rings. The van der Waals surface area contributed by atoms with Crippen LogP contribution in [0.25, 0.3) is 11.4 Å². The third-order valence-corrected chi connectivity index (χ3v) is 6.46. The van der Waals surface area contributed by atoms with Crippen molar-refractivity contribution in [3.05, 3.63) is 63.0 Å². The van der Waals surface area contributed by atoms with Gasteiger partial charge in [0.15, 0.2) is 0 Å². The third kappa shape index (κ3) is 2.64. The molecule has 26 heavy (non-hydrogen) atoms. The number of pyridine rings is 1. The monoisotopic (exact) mass is 366 g/mol. The van der Waals surface area contributed by atoms with Crippen LogP contribution in [0, 0.1) is 5.92 Å². The van der Waals surface area contributed by atoms with Gasteiger partial charge in [-0.05, 0) is 46.9 Å². The zero-order valence-electron chi connectivity index (χ0n) is 14.8. The highest BCUT2D eigenvalue weighted by molar-refractivity contribution is 7.07. The molecule has 2 atom stereocenters. The van der Waals surface area contributed by atoms with Crippen molar-refractivity contribution >= 4 is 11.3 Å². The maximum atomic E-state index is 13.1. The molecule has 0 spiro atoms. The molecule has 5 rings (SSSR count). The second-order valence-corrected chi connectivity index (χ2v) is 8.35. The summed E-state index contributed by atoms with van der Waals surface area (Å²) in [7, 11) is 1.93. The van der Waals surface area contributed by atoms with E-state index in [-0.39, 0.29) is 5.56 Å². The van der Waals surface area contributed by atoms with E-state index < -0.39 is 0 Å². The molecule has 0 aliphatic carbocycles. The minimum absolute atomic E-state index is 0.109. The van der Waals surface area contributed by atoms with Gasteiger partial charge >= 0.3 is 0 Å². The molecule has 0 N–H and O–H groups in total. The quantitative estimate of drug-likeness (QED) is 0.716. The van der Waals surface area contributed by atoms with Gasteiger partial charge in [0.25, 0.3) is 5.56 Å². The van der Waals surface area contributed by atoms with Crippen molar-refractivity contribution in [1.82, 2.24) is 19.0 Å². The lowest BCUT2D eigenvalue weighted by atomic mass is 9.83. The first kappa shape index (κ1) is 16.0. The van der Waals surface area contributed by atoms with Gasteiger partial charge in [-0.2, -0.15) is 11.3 Å². The summed E-state index contributed by atoms with van der Waals surface area (Å²) in [5, 5.41) is 4.39. The summed E-state index contributed by atoms with van der Waals surface area (Å²) in [6.07, 6.45) is 4.83. The minimum atomic E-state index is 0.109. The van der Waals surface area contributed by atoms with E-state index in [1.165, 1.54) is 17.7 Å².